The van der Waals surface area contributed by atoms with Gasteiger partial charge in [-0.2, -0.15) is 0 Å². The highest BCUT2D eigenvalue weighted by Gasteiger charge is 2.18. The molecule has 1 aromatic heterocycles. The first kappa shape index (κ1) is 18.3. The third-order valence-corrected chi connectivity index (χ3v) is 4.15. The number of non-ortho nitro benzene ring substituents is 1. The van der Waals surface area contributed by atoms with E-state index in [0.717, 1.165) is 5.01 Å². The normalized spacial score (nSPS) is 10.2. The third-order valence-electron chi connectivity index (χ3n) is 3.09. The minimum absolute atomic E-state index is 0.128. The first-order chi connectivity index (χ1) is 11.8. The van der Waals surface area contributed by atoms with Crippen molar-refractivity contribution in [2.45, 2.75) is 13.8 Å². The Hall–Kier alpha value is -3.01. The summed E-state index contributed by atoms with van der Waals surface area (Å²) in [6, 6.07) is 3.76. The van der Waals surface area contributed by atoms with Crippen LogP contribution in [0.1, 0.15) is 20.4 Å². The number of hydrogen-bond acceptors (Lipinski definition) is 8. The molecule has 0 spiro atoms. The number of nitro groups is 1. The molecule has 2 aromatic rings. The fourth-order valence-electron chi connectivity index (χ4n) is 2.00. The molecule has 10 heteroatoms. The van der Waals surface area contributed by atoms with Gasteiger partial charge in [-0.15, -0.1) is 11.3 Å². The molecule has 0 unspecified atom stereocenters. The maximum atomic E-state index is 11.9. The average Bonchev–Trinajstić information content (AvgIpc) is 2.91. The van der Waals surface area contributed by atoms with Crippen molar-refractivity contribution in [3.05, 3.63) is 43.9 Å². The lowest BCUT2D eigenvalue weighted by molar-refractivity contribution is -0.384. The highest BCUT2D eigenvalue weighted by molar-refractivity contribution is 7.13. The molecule has 25 heavy (non-hydrogen) atoms. The van der Waals surface area contributed by atoms with Crippen LogP contribution in [0.25, 0.3) is 0 Å². The summed E-state index contributed by atoms with van der Waals surface area (Å²) in [6.07, 6.45) is 0. The van der Waals surface area contributed by atoms with Crippen LogP contribution in [0.2, 0.25) is 0 Å². The summed E-state index contributed by atoms with van der Waals surface area (Å²) in [6.45, 7) is 2.94. The molecule has 1 aromatic carbocycles. The molecule has 1 amide bonds. The number of thiazole rings is 1. The van der Waals surface area contributed by atoms with Crippen molar-refractivity contribution in [3.8, 4) is 5.75 Å². The molecule has 0 radical (unpaired) electrons. The third kappa shape index (κ3) is 4.51. The number of rotatable bonds is 6. The van der Waals surface area contributed by atoms with Gasteiger partial charge in [0.05, 0.1) is 34.5 Å². The lowest BCUT2D eigenvalue weighted by atomic mass is 10.2. The molecule has 132 valence electrons. The topological polar surface area (TPSA) is 121 Å². The Bertz CT molecular complexity index is 833. The Kier molecular flexibility index (Phi) is 5.65. The van der Waals surface area contributed by atoms with Gasteiger partial charge in [-0.1, -0.05) is 0 Å². The first-order valence-electron chi connectivity index (χ1n) is 7.05. The molecule has 0 saturated carbocycles. The summed E-state index contributed by atoms with van der Waals surface area (Å²) in [7, 11) is 1.32. The van der Waals surface area contributed by atoms with Crippen molar-refractivity contribution in [3.63, 3.8) is 0 Å². The van der Waals surface area contributed by atoms with Gasteiger partial charge in [0.25, 0.3) is 11.6 Å². The quantitative estimate of drug-likeness (QED) is 0.474. The number of hydrogen-bond donors (Lipinski definition) is 1. The van der Waals surface area contributed by atoms with E-state index in [1.165, 1.54) is 36.6 Å². The van der Waals surface area contributed by atoms with E-state index in [4.69, 9.17) is 9.47 Å². The number of nitro benzene ring substituents is 1. The van der Waals surface area contributed by atoms with E-state index in [2.05, 4.69) is 10.3 Å². The zero-order chi connectivity index (χ0) is 18.6. The van der Waals surface area contributed by atoms with E-state index in [9.17, 15) is 19.7 Å². The number of nitrogens with zero attached hydrogens (tertiary/aromatic N) is 2. The van der Waals surface area contributed by atoms with Crippen LogP contribution >= 0.6 is 11.3 Å². The number of carbonyl (C=O) groups is 2. The zero-order valence-corrected chi connectivity index (χ0v) is 14.5. The first-order valence-corrected chi connectivity index (χ1v) is 7.87. The second-order valence-electron chi connectivity index (χ2n) is 4.91. The molecule has 0 aliphatic carbocycles. The number of aryl methyl sites for hydroxylation is 2. The van der Waals surface area contributed by atoms with E-state index in [-0.39, 0.29) is 17.1 Å². The molecule has 1 N–H and O–H groups in total. The monoisotopic (exact) mass is 365 g/mol. The minimum atomic E-state index is -0.631. The van der Waals surface area contributed by atoms with Gasteiger partial charge in [-0.25, -0.2) is 9.78 Å². The van der Waals surface area contributed by atoms with Crippen LogP contribution in [-0.2, 0) is 9.53 Å². The van der Waals surface area contributed by atoms with Gasteiger partial charge >= 0.3 is 5.97 Å². The van der Waals surface area contributed by atoms with E-state index in [1.807, 2.05) is 0 Å². The van der Waals surface area contributed by atoms with Gasteiger partial charge < -0.3 is 14.8 Å². The van der Waals surface area contributed by atoms with Gasteiger partial charge in [-0.3, -0.25) is 14.9 Å². The fourth-order valence-corrected chi connectivity index (χ4v) is 2.81. The van der Waals surface area contributed by atoms with E-state index in [1.54, 1.807) is 13.8 Å². The van der Waals surface area contributed by atoms with Crippen molar-refractivity contribution >= 4 is 34.6 Å². The molecule has 0 fully saturated rings. The Morgan fingerprint density at radius 1 is 1.36 bits per heavy atom. The molecule has 2 rings (SSSR count). The average molecular weight is 365 g/mol. The highest BCUT2D eigenvalue weighted by Crippen LogP contribution is 2.29. The van der Waals surface area contributed by atoms with Gasteiger partial charge in [0.1, 0.15) is 10.6 Å². The predicted molar refractivity (Wildman–Crippen MR) is 90.1 cm³/mol. The van der Waals surface area contributed by atoms with E-state index >= 15 is 0 Å². The minimum Gasteiger partial charge on any atom is -0.494 e. The van der Waals surface area contributed by atoms with Crippen LogP contribution in [0.15, 0.2) is 18.2 Å². The predicted octanol–water partition coefficient (Wildman–Crippen LogP) is 2.47. The summed E-state index contributed by atoms with van der Waals surface area (Å²) in [5.41, 5.74) is 0.612. The van der Waals surface area contributed by atoms with Crippen molar-refractivity contribution in [1.82, 2.24) is 4.98 Å². The van der Waals surface area contributed by atoms with Crippen LogP contribution in [0.3, 0.4) is 0 Å². The Morgan fingerprint density at radius 2 is 2.08 bits per heavy atom. The molecule has 9 nitrogen and oxygen atoms in total. The maximum Gasteiger partial charge on any atom is 0.350 e. The van der Waals surface area contributed by atoms with Crippen LogP contribution in [-0.4, -0.2) is 35.5 Å². The molecule has 0 atom stereocenters. The summed E-state index contributed by atoms with van der Waals surface area (Å²) < 4.78 is 9.98. The summed E-state index contributed by atoms with van der Waals surface area (Å²) in [5, 5.41) is 13.9. The number of methoxy groups -OCH3 is 1. The summed E-state index contributed by atoms with van der Waals surface area (Å²) >= 11 is 1.19. The van der Waals surface area contributed by atoms with Gasteiger partial charge in [0.2, 0.25) is 0 Å². The largest absolute Gasteiger partial charge is 0.494 e. The summed E-state index contributed by atoms with van der Waals surface area (Å²) in [5.74, 6) is -1.10. The smallest absolute Gasteiger partial charge is 0.350 e. The number of carbonyl (C=O) groups excluding carboxylic acids is 2. The lowest BCUT2D eigenvalue weighted by Gasteiger charge is -2.10. The molecular formula is C15H15N3O6S. The van der Waals surface area contributed by atoms with Crippen molar-refractivity contribution in [2.75, 3.05) is 19.0 Å². The fraction of sp³-hybridized carbons (Fsp3) is 0.267. The second-order valence-corrected chi connectivity index (χ2v) is 6.12. The number of aromatic nitrogens is 1. The molecular weight excluding hydrogens is 350 g/mol. The SMILES string of the molecule is COc1cc([N+](=O)[O-])ccc1NC(=O)COC(=O)c1sc(C)nc1C. The van der Waals surface area contributed by atoms with Crippen LogP contribution in [0.4, 0.5) is 11.4 Å². The standard InChI is InChI=1S/C15H15N3O6S/c1-8-14(25-9(2)16-8)15(20)24-7-13(19)17-11-5-4-10(18(21)22)6-12(11)23-3/h4-6H,7H2,1-3H3,(H,17,19). The Morgan fingerprint density at radius 3 is 2.64 bits per heavy atom. The number of ether oxygens (including phenoxy) is 2. The van der Waals surface area contributed by atoms with Crippen molar-refractivity contribution in [1.29, 1.82) is 0 Å². The van der Waals surface area contributed by atoms with E-state index in [0.29, 0.717) is 10.6 Å². The second kappa shape index (κ2) is 7.71. The number of esters is 1. The van der Waals surface area contributed by atoms with Crippen molar-refractivity contribution < 1.29 is 24.0 Å². The number of benzene rings is 1. The lowest BCUT2D eigenvalue weighted by Crippen LogP contribution is -2.21. The van der Waals surface area contributed by atoms with Gasteiger partial charge in [0, 0.05) is 6.07 Å². The number of nitrogens with one attached hydrogen (secondary N) is 1. The zero-order valence-electron chi connectivity index (χ0n) is 13.7. The van der Waals surface area contributed by atoms with Crippen LogP contribution < -0.4 is 10.1 Å². The van der Waals surface area contributed by atoms with Gasteiger partial charge in [-0.05, 0) is 19.9 Å². The van der Waals surface area contributed by atoms with Crippen LogP contribution in [0, 0.1) is 24.0 Å². The Balaban J connectivity index is 1.99. The molecule has 0 saturated heterocycles. The maximum absolute atomic E-state index is 11.9. The Labute approximate surface area is 146 Å². The van der Waals surface area contributed by atoms with Gasteiger partial charge in [0.15, 0.2) is 6.61 Å². The van der Waals surface area contributed by atoms with Crippen LogP contribution in [0.5, 0.6) is 5.75 Å². The molecule has 1 heterocycles. The van der Waals surface area contributed by atoms with E-state index < -0.39 is 23.4 Å². The highest BCUT2D eigenvalue weighted by atomic mass is 32.1. The number of amides is 1. The molecule has 0 aliphatic heterocycles. The summed E-state index contributed by atoms with van der Waals surface area (Å²) in [4.78, 5) is 38.5. The molecule has 0 bridgehead atoms. The number of anilines is 1. The van der Waals surface area contributed by atoms with Crippen molar-refractivity contribution in [2.24, 2.45) is 0 Å². The molecule has 0 aliphatic rings.